The van der Waals surface area contributed by atoms with Gasteiger partial charge in [-0.15, -0.1) is 0 Å². The maximum atomic E-state index is 11.8. The van der Waals surface area contributed by atoms with Gasteiger partial charge in [-0.25, -0.2) is 4.68 Å². The van der Waals surface area contributed by atoms with Crippen LogP contribution in [0.1, 0.15) is 41.8 Å². The Morgan fingerprint density at radius 1 is 1.07 bits per heavy atom. The molecule has 30 heavy (non-hydrogen) atoms. The van der Waals surface area contributed by atoms with Crippen molar-refractivity contribution in [3.8, 4) is 5.69 Å². The van der Waals surface area contributed by atoms with E-state index in [9.17, 15) is 5.11 Å². The van der Waals surface area contributed by atoms with Crippen LogP contribution in [0.5, 0.6) is 0 Å². The van der Waals surface area contributed by atoms with Crippen molar-refractivity contribution in [3.05, 3.63) is 77.4 Å². The molecule has 5 rings (SSSR count). The fourth-order valence-electron chi connectivity index (χ4n) is 5.68. The van der Waals surface area contributed by atoms with Gasteiger partial charge >= 0.3 is 0 Å². The summed E-state index contributed by atoms with van der Waals surface area (Å²) in [6, 6.07) is 14.8. The molecule has 0 radical (unpaired) electrons. The van der Waals surface area contributed by atoms with Crippen LogP contribution in [0, 0.1) is 25.7 Å². The lowest BCUT2D eigenvalue weighted by atomic mass is 9.63. The first kappa shape index (κ1) is 19.5. The first-order valence-corrected chi connectivity index (χ1v) is 11.0. The molecule has 1 saturated heterocycles. The Morgan fingerprint density at radius 3 is 2.53 bits per heavy atom. The average molecular weight is 403 g/mol. The van der Waals surface area contributed by atoms with Crippen LogP contribution in [-0.4, -0.2) is 37.9 Å². The van der Waals surface area contributed by atoms with Gasteiger partial charge in [0.2, 0.25) is 0 Å². The van der Waals surface area contributed by atoms with Crippen molar-refractivity contribution in [2.24, 2.45) is 11.8 Å². The number of likely N-dealkylation sites (tertiary alicyclic amines) is 1. The Kier molecular flexibility index (Phi) is 4.95. The van der Waals surface area contributed by atoms with E-state index in [-0.39, 0.29) is 11.8 Å². The zero-order valence-electron chi connectivity index (χ0n) is 17.8. The van der Waals surface area contributed by atoms with E-state index in [0.29, 0.717) is 0 Å². The third-order valence-corrected chi connectivity index (χ3v) is 7.00. The molecule has 0 amide bonds. The summed E-state index contributed by atoms with van der Waals surface area (Å²) in [5.41, 5.74) is 4.85. The highest BCUT2D eigenvalue weighted by atomic mass is 16.3. The average Bonchev–Trinajstić information content (AvgIpc) is 3.08. The molecule has 1 unspecified atom stereocenters. The van der Waals surface area contributed by atoms with Crippen LogP contribution >= 0.6 is 0 Å². The summed E-state index contributed by atoms with van der Waals surface area (Å²) in [4.78, 5) is 6.81. The Morgan fingerprint density at radius 2 is 1.87 bits per heavy atom. The van der Waals surface area contributed by atoms with Crippen LogP contribution in [0.3, 0.4) is 0 Å². The summed E-state index contributed by atoms with van der Waals surface area (Å²) in [5, 5.41) is 16.4. The van der Waals surface area contributed by atoms with Crippen LogP contribution in [0.2, 0.25) is 0 Å². The summed E-state index contributed by atoms with van der Waals surface area (Å²) < 4.78 is 2.02. The topological polar surface area (TPSA) is 54.2 Å². The molecule has 0 spiro atoms. The second-order valence-electron chi connectivity index (χ2n) is 9.09. The van der Waals surface area contributed by atoms with E-state index >= 15 is 0 Å². The molecule has 156 valence electrons. The summed E-state index contributed by atoms with van der Waals surface area (Å²) >= 11 is 0. The maximum absolute atomic E-state index is 11.8. The quantitative estimate of drug-likeness (QED) is 0.717. The van der Waals surface area contributed by atoms with Gasteiger partial charge in [0.25, 0.3) is 0 Å². The summed E-state index contributed by atoms with van der Waals surface area (Å²) in [6.45, 7) is 6.88. The van der Waals surface area contributed by atoms with Crippen molar-refractivity contribution in [3.63, 3.8) is 0 Å². The first-order valence-electron chi connectivity index (χ1n) is 11.0. The number of benzene rings is 1. The van der Waals surface area contributed by atoms with Gasteiger partial charge in [0.1, 0.15) is 0 Å². The highest BCUT2D eigenvalue weighted by molar-refractivity contribution is 5.37. The number of aromatic nitrogens is 3. The predicted molar refractivity (Wildman–Crippen MR) is 117 cm³/mol. The second-order valence-corrected chi connectivity index (χ2v) is 9.09. The SMILES string of the molecule is Cc1cc(C)n(-c2cccc(CN3C[C@H]4CCC[C@@H](C3)C4(O)c3cccnc3)c2)n1. The van der Waals surface area contributed by atoms with E-state index < -0.39 is 5.60 Å². The number of hydrogen-bond donors (Lipinski definition) is 1. The summed E-state index contributed by atoms with van der Waals surface area (Å²) in [5.74, 6) is 0.516. The molecule has 5 heteroatoms. The number of aliphatic hydroxyl groups is 1. The number of pyridine rings is 1. The molecule has 3 aromatic rings. The van der Waals surface area contributed by atoms with E-state index in [1.807, 2.05) is 29.9 Å². The van der Waals surface area contributed by atoms with Crippen molar-refractivity contribution >= 4 is 0 Å². The second kappa shape index (κ2) is 7.64. The molecule has 5 nitrogen and oxygen atoms in total. The van der Waals surface area contributed by atoms with Gasteiger partial charge in [-0.1, -0.05) is 24.6 Å². The lowest BCUT2D eigenvalue weighted by Gasteiger charge is -2.53. The van der Waals surface area contributed by atoms with E-state index in [2.05, 4.69) is 52.2 Å². The van der Waals surface area contributed by atoms with Crippen LogP contribution in [-0.2, 0) is 12.1 Å². The number of aryl methyl sites for hydroxylation is 2. The largest absolute Gasteiger partial charge is 0.384 e. The molecule has 2 bridgehead atoms. The Balaban J connectivity index is 1.37. The highest BCUT2D eigenvalue weighted by Crippen LogP contribution is 2.49. The molecule has 2 aliphatic rings. The van der Waals surface area contributed by atoms with Gasteiger partial charge in [0.15, 0.2) is 0 Å². The van der Waals surface area contributed by atoms with Gasteiger partial charge in [0, 0.05) is 55.1 Å². The molecule has 1 N–H and O–H groups in total. The molecule has 2 aromatic heterocycles. The maximum Gasteiger partial charge on any atom is 0.0991 e. The van der Waals surface area contributed by atoms with Crippen LogP contribution < -0.4 is 0 Å². The highest BCUT2D eigenvalue weighted by Gasteiger charge is 2.51. The third kappa shape index (κ3) is 3.36. The Bertz CT molecular complexity index is 1010. The third-order valence-electron chi connectivity index (χ3n) is 7.00. The number of hydrogen-bond acceptors (Lipinski definition) is 4. The lowest BCUT2D eigenvalue weighted by Crippen LogP contribution is -2.57. The molecule has 2 fully saturated rings. The Hall–Kier alpha value is -2.50. The van der Waals surface area contributed by atoms with Crippen LogP contribution in [0.25, 0.3) is 5.69 Å². The number of nitrogens with zero attached hydrogens (tertiary/aromatic N) is 4. The van der Waals surface area contributed by atoms with E-state index in [0.717, 1.165) is 55.1 Å². The van der Waals surface area contributed by atoms with Gasteiger partial charge < -0.3 is 5.11 Å². The van der Waals surface area contributed by atoms with Crippen molar-refractivity contribution in [1.82, 2.24) is 19.7 Å². The monoisotopic (exact) mass is 402 g/mol. The van der Waals surface area contributed by atoms with E-state index in [4.69, 9.17) is 0 Å². The van der Waals surface area contributed by atoms with Crippen molar-refractivity contribution in [2.45, 2.75) is 45.3 Å². The van der Waals surface area contributed by atoms with Crippen molar-refractivity contribution in [1.29, 1.82) is 0 Å². The van der Waals surface area contributed by atoms with E-state index in [1.165, 1.54) is 12.0 Å². The molecule has 3 atom stereocenters. The fourth-order valence-corrected chi connectivity index (χ4v) is 5.68. The zero-order valence-corrected chi connectivity index (χ0v) is 17.8. The van der Waals surface area contributed by atoms with Crippen molar-refractivity contribution < 1.29 is 5.11 Å². The van der Waals surface area contributed by atoms with Gasteiger partial charge in [-0.05, 0) is 56.5 Å². The number of fused-ring (bicyclic) bond motifs is 2. The van der Waals surface area contributed by atoms with Gasteiger partial charge in [0.05, 0.1) is 17.0 Å². The molecule has 3 heterocycles. The minimum absolute atomic E-state index is 0.258. The lowest BCUT2D eigenvalue weighted by molar-refractivity contribution is -0.148. The summed E-state index contributed by atoms with van der Waals surface area (Å²) in [6.07, 6.45) is 7.00. The minimum Gasteiger partial charge on any atom is -0.384 e. The van der Waals surface area contributed by atoms with Gasteiger partial charge in [-0.2, -0.15) is 5.10 Å². The Labute approximate surface area is 178 Å². The first-order chi connectivity index (χ1) is 14.5. The zero-order chi connectivity index (χ0) is 20.7. The molecule has 1 aliphatic heterocycles. The molecule has 1 aromatic carbocycles. The minimum atomic E-state index is -0.742. The smallest absolute Gasteiger partial charge is 0.0991 e. The molecule has 1 aliphatic carbocycles. The molecular formula is C25H30N4O. The predicted octanol–water partition coefficient (Wildman–Crippen LogP) is 4.00. The number of piperidine rings is 1. The van der Waals surface area contributed by atoms with Crippen LogP contribution in [0.15, 0.2) is 54.9 Å². The molecule has 1 saturated carbocycles. The molecular weight excluding hydrogens is 372 g/mol. The normalized spacial score (nSPS) is 26.6. The fraction of sp³-hybridized carbons (Fsp3) is 0.440. The van der Waals surface area contributed by atoms with Crippen molar-refractivity contribution in [2.75, 3.05) is 13.1 Å². The standard InChI is InChI=1S/C25H30N4O/c1-18-12-19(2)29(27-18)24-10-3-6-20(13-24)15-28-16-22-7-4-8-23(17-28)25(22,30)21-9-5-11-26-14-21/h3,5-6,9-14,22-23,30H,4,7-8,15-17H2,1-2H3/t22-,23+,25?. The van der Waals surface area contributed by atoms with Gasteiger partial charge in [-0.3, -0.25) is 9.88 Å². The van der Waals surface area contributed by atoms with E-state index in [1.54, 1.807) is 6.20 Å². The number of rotatable bonds is 4. The summed E-state index contributed by atoms with van der Waals surface area (Å²) in [7, 11) is 0. The van der Waals surface area contributed by atoms with Crippen LogP contribution in [0.4, 0.5) is 0 Å².